The van der Waals surface area contributed by atoms with Crippen LogP contribution in [0.2, 0.25) is 0 Å². The fourth-order valence-electron chi connectivity index (χ4n) is 0.727. The van der Waals surface area contributed by atoms with Gasteiger partial charge >= 0.3 is 5.97 Å². The Morgan fingerprint density at radius 2 is 2.00 bits per heavy atom. The second kappa shape index (κ2) is 7.96. The number of ether oxygens (including phenoxy) is 2. The van der Waals surface area contributed by atoms with Crippen LogP contribution in [0, 0.1) is 0 Å². The number of hydrogen-bond donors (Lipinski definition) is 0. The molecule has 0 aromatic rings. The van der Waals surface area contributed by atoms with Gasteiger partial charge in [0.25, 0.3) is 6.43 Å². The van der Waals surface area contributed by atoms with E-state index in [1.165, 1.54) is 0 Å². The molecule has 15 heavy (non-hydrogen) atoms. The molecule has 0 aliphatic heterocycles. The summed E-state index contributed by atoms with van der Waals surface area (Å²) in [6, 6.07) is 0. The summed E-state index contributed by atoms with van der Waals surface area (Å²) in [6.07, 6.45) is 0.192. The minimum atomic E-state index is -2.73. The van der Waals surface area contributed by atoms with Crippen LogP contribution in [0.1, 0.15) is 13.8 Å². The maximum absolute atomic E-state index is 12.3. The predicted octanol–water partition coefficient (Wildman–Crippen LogP) is 2.29. The number of allylic oxidation sites excluding steroid dienone is 2. The molecule has 0 aliphatic rings. The first-order valence-corrected chi connectivity index (χ1v) is 4.56. The van der Waals surface area contributed by atoms with Gasteiger partial charge in [-0.2, -0.15) is 0 Å². The first kappa shape index (κ1) is 13.6. The van der Waals surface area contributed by atoms with Crippen LogP contribution in [0.4, 0.5) is 8.78 Å². The summed E-state index contributed by atoms with van der Waals surface area (Å²) in [7, 11) is 0. The van der Waals surface area contributed by atoms with Crippen LogP contribution in [-0.2, 0) is 14.3 Å². The Bertz CT molecular complexity index is 247. The smallest absolute Gasteiger partial charge is 0.331 e. The van der Waals surface area contributed by atoms with Crippen LogP contribution in [0.15, 0.2) is 24.0 Å². The van der Waals surface area contributed by atoms with Crippen LogP contribution >= 0.6 is 0 Å². The highest BCUT2D eigenvalue weighted by molar-refractivity contribution is 5.83. The molecule has 0 N–H and O–H groups in total. The highest BCUT2D eigenvalue weighted by Gasteiger charge is 2.10. The van der Waals surface area contributed by atoms with Gasteiger partial charge in [0.15, 0.2) is 0 Å². The van der Waals surface area contributed by atoms with Crippen molar-refractivity contribution < 1.29 is 23.0 Å². The number of rotatable bonds is 6. The lowest BCUT2D eigenvalue weighted by Gasteiger charge is -2.01. The summed E-state index contributed by atoms with van der Waals surface area (Å²) in [5.41, 5.74) is -0.429. The zero-order valence-corrected chi connectivity index (χ0v) is 8.70. The molecular weight excluding hydrogens is 206 g/mol. The van der Waals surface area contributed by atoms with E-state index in [2.05, 4.69) is 4.74 Å². The van der Waals surface area contributed by atoms with Gasteiger partial charge in [-0.3, -0.25) is 0 Å². The zero-order chi connectivity index (χ0) is 11.7. The summed E-state index contributed by atoms with van der Waals surface area (Å²) < 4.78 is 33.9. The molecule has 0 heterocycles. The van der Waals surface area contributed by atoms with Gasteiger partial charge in [-0.25, -0.2) is 13.6 Å². The van der Waals surface area contributed by atoms with Gasteiger partial charge < -0.3 is 9.47 Å². The molecule has 0 aromatic heterocycles. The lowest BCUT2D eigenvalue weighted by atomic mass is 10.2. The molecule has 3 nitrogen and oxygen atoms in total. The van der Waals surface area contributed by atoms with Crippen molar-refractivity contribution in [1.29, 1.82) is 0 Å². The molecule has 5 heteroatoms. The quantitative estimate of drug-likeness (QED) is 0.298. The van der Waals surface area contributed by atoms with Crippen molar-refractivity contribution in [2.75, 3.05) is 13.2 Å². The van der Waals surface area contributed by atoms with E-state index in [-0.39, 0.29) is 6.61 Å². The van der Waals surface area contributed by atoms with Crippen LogP contribution in [0.3, 0.4) is 0 Å². The molecule has 0 aromatic carbocycles. The van der Waals surface area contributed by atoms with Crippen molar-refractivity contribution in [3.8, 4) is 0 Å². The minimum Gasteiger partial charge on any atom is -0.501 e. The Morgan fingerprint density at radius 1 is 1.33 bits per heavy atom. The molecule has 0 unspecified atom stereocenters. The molecule has 0 fully saturated rings. The van der Waals surface area contributed by atoms with Crippen molar-refractivity contribution in [3.63, 3.8) is 0 Å². The molecule has 86 valence electrons. The van der Waals surface area contributed by atoms with E-state index < -0.39 is 18.0 Å². The average Bonchev–Trinajstić information content (AvgIpc) is 2.16. The monoisotopic (exact) mass is 220 g/mol. The van der Waals surface area contributed by atoms with Crippen molar-refractivity contribution in [1.82, 2.24) is 0 Å². The van der Waals surface area contributed by atoms with Crippen LogP contribution < -0.4 is 0 Å². The van der Waals surface area contributed by atoms with E-state index in [0.717, 1.165) is 18.4 Å². The molecule has 0 spiro atoms. The number of hydrogen-bond acceptors (Lipinski definition) is 3. The van der Waals surface area contributed by atoms with Crippen LogP contribution in [0.5, 0.6) is 0 Å². The molecule has 0 amide bonds. The maximum atomic E-state index is 12.3. The fraction of sp³-hybridized carbons (Fsp3) is 0.500. The van der Waals surface area contributed by atoms with E-state index in [4.69, 9.17) is 4.74 Å². The van der Waals surface area contributed by atoms with Gasteiger partial charge in [0, 0.05) is 11.6 Å². The molecule has 0 saturated carbocycles. The average molecular weight is 220 g/mol. The first-order chi connectivity index (χ1) is 7.11. The molecule has 0 saturated heterocycles. The normalized spacial score (nSPS) is 12.2. The molecule has 0 atom stereocenters. The summed E-state index contributed by atoms with van der Waals surface area (Å²) in [4.78, 5) is 10.9. The maximum Gasteiger partial charge on any atom is 0.331 e. The number of carbonyl (C=O) groups excluding carboxylic acids is 1. The highest BCUT2D eigenvalue weighted by atomic mass is 19.3. The van der Waals surface area contributed by atoms with Crippen molar-refractivity contribution >= 4 is 5.97 Å². The lowest BCUT2D eigenvalue weighted by molar-refractivity contribution is -0.137. The third kappa shape index (κ3) is 6.65. The number of esters is 1. The van der Waals surface area contributed by atoms with E-state index in [9.17, 15) is 13.6 Å². The fourth-order valence-corrected chi connectivity index (χ4v) is 0.727. The van der Waals surface area contributed by atoms with E-state index in [1.807, 2.05) is 0 Å². The van der Waals surface area contributed by atoms with Crippen LogP contribution in [0.25, 0.3) is 0 Å². The second-order valence-corrected chi connectivity index (χ2v) is 2.46. The van der Waals surface area contributed by atoms with E-state index in [1.54, 1.807) is 13.8 Å². The standard InChI is InChI=1S/C10H14F2O3/c1-3-14-6-5-8(10(11)12)7-9(13)15-4-2/h5-7,10H,3-4H2,1-2H3/b6-5+,8-7+. The summed E-state index contributed by atoms with van der Waals surface area (Å²) in [5.74, 6) is -0.783. The van der Waals surface area contributed by atoms with Gasteiger partial charge in [-0.15, -0.1) is 0 Å². The largest absolute Gasteiger partial charge is 0.501 e. The number of halogens is 2. The van der Waals surface area contributed by atoms with E-state index in [0.29, 0.717) is 6.61 Å². The molecule has 0 aliphatic carbocycles. The van der Waals surface area contributed by atoms with Gasteiger partial charge in [0.2, 0.25) is 0 Å². The Labute approximate surface area is 87.4 Å². The van der Waals surface area contributed by atoms with Gasteiger partial charge in [0.1, 0.15) is 0 Å². The second-order valence-electron chi connectivity index (χ2n) is 2.46. The van der Waals surface area contributed by atoms with Crippen LogP contribution in [-0.4, -0.2) is 25.6 Å². The van der Waals surface area contributed by atoms with Crippen molar-refractivity contribution in [2.45, 2.75) is 20.3 Å². The predicted molar refractivity (Wildman–Crippen MR) is 51.5 cm³/mol. The molecule has 0 radical (unpaired) electrons. The Balaban J connectivity index is 4.44. The minimum absolute atomic E-state index is 0.154. The van der Waals surface area contributed by atoms with E-state index >= 15 is 0 Å². The highest BCUT2D eigenvalue weighted by Crippen LogP contribution is 2.10. The van der Waals surface area contributed by atoms with Gasteiger partial charge in [-0.05, 0) is 19.9 Å². The lowest BCUT2D eigenvalue weighted by Crippen LogP contribution is -2.04. The Hall–Kier alpha value is -1.39. The third-order valence-corrected chi connectivity index (χ3v) is 1.35. The Kier molecular flexibility index (Phi) is 7.23. The molecule has 0 rings (SSSR count). The Morgan fingerprint density at radius 3 is 2.47 bits per heavy atom. The van der Waals surface area contributed by atoms with Crippen molar-refractivity contribution in [2.24, 2.45) is 0 Å². The van der Waals surface area contributed by atoms with Gasteiger partial charge in [0.05, 0.1) is 19.5 Å². The molecule has 0 bridgehead atoms. The molecular formula is C10H14F2O3. The number of carbonyl (C=O) groups is 1. The first-order valence-electron chi connectivity index (χ1n) is 4.56. The zero-order valence-electron chi connectivity index (χ0n) is 8.70. The summed E-state index contributed by atoms with van der Waals surface area (Å²) >= 11 is 0. The summed E-state index contributed by atoms with van der Waals surface area (Å²) in [5, 5.41) is 0. The topological polar surface area (TPSA) is 35.5 Å². The van der Waals surface area contributed by atoms with Crippen molar-refractivity contribution in [3.05, 3.63) is 24.0 Å². The van der Waals surface area contributed by atoms with Gasteiger partial charge in [-0.1, -0.05) is 0 Å². The third-order valence-electron chi connectivity index (χ3n) is 1.35. The summed E-state index contributed by atoms with van der Waals surface area (Å²) in [6.45, 7) is 3.86. The number of alkyl halides is 2. The SMILES string of the molecule is CCO/C=C/C(=C\C(=O)OCC)C(F)F.